The van der Waals surface area contributed by atoms with Gasteiger partial charge in [-0.15, -0.1) is 0 Å². The van der Waals surface area contributed by atoms with Gasteiger partial charge in [0.15, 0.2) is 0 Å². The predicted molar refractivity (Wildman–Crippen MR) is 80.0 cm³/mol. The van der Waals surface area contributed by atoms with Crippen LogP contribution in [0.3, 0.4) is 0 Å². The van der Waals surface area contributed by atoms with Crippen LogP contribution in [-0.2, 0) is 10.8 Å². The molecule has 1 aliphatic rings. The van der Waals surface area contributed by atoms with E-state index in [1.54, 1.807) is 0 Å². The minimum absolute atomic E-state index is 0.219. The summed E-state index contributed by atoms with van der Waals surface area (Å²) in [5.41, 5.74) is 5.87. The Morgan fingerprint density at radius 1 is 1.22 bits per heavy atom. The molecule has 2 rings (SSSR count). The van der Waals surface area contributed by atoms with Gasteiger partial charge < -0.3 is 5.73 Å². The van der Waals surface area contributed by atoms with Crippen molar-refractivity contribution in [3.05, 3.63) is 28.7 Å². The Balaban J connectivity index is 2.23. The van der Waals surface area contributed by atoms with Gasteiger partial charge in [0.2, 0.25) is 0 Å². The number of hydrogen-bond acceptors (Lipinski definition) is 2. The standard InChI is InChI=1S/C14H20BrNOS/c15-12-7-4-5-9-14(12)18(17)13-8-3-1-2-6-11(13)10-16/h4-5,7,9,11,13H,1-3,6,8,10,16H2. The van der Waals surface area contributed by atoms with E-state index in [-0.39, 0.29) is 5.25 Å². The number of halogens is 1. The fraction of sp³-hybridized carbons (Fsp3) is 0.571. The molecule has 1 aromatic carbocycles. The molecule has 0 saturated heterocycles. The minimum Gasteiger partial charge on any atom is -0.330 e. The lowest BCUT2D eigenvalue weighted by Gasteiger charge is -2.23. The van der Waals surface area contributed by atoms with Crippen LogP contribution in [0.4, 0.5) is 0 Å². The summed E-state index contributed by atoms with van der Waals surface area (Å²) in [6.45, 7) is 0.654. The van der Waals surface area contributed by atoms with E-state index < -0.39 is 10.8 Å². The Morgan fingerprint density at radius 3 is 2.67 bits per heavy atom. The smallest absolute Gasteiger partial charge is 0.0575 e. The summed E-state index contributed by atoms with van der Waals surface area (Å²) in [5, 5.41) is 0.219. The third-order valence-corrected chi connectivity index (χ3v) is 6.63. The van der Waals surface area contributed by atoms with E-state index in [2.05, 4.69) is 15.9 Å². The molecular formula is C14H20BrNOS. The van der Waals surface area contributed by atoms with Crippen LogP contribution < -0.4 is 5.73 Å². The quantitative estimate of drug-likeness (QED) is 0.863. The normalized spacial score (nSPS) is 26.6. The summed E-state index contributed by atoms with van der Waals surface area (Å²) in [5.74, 6) is 0.403. The Hall–Kier alpha value is -0.190. The van der Waals surface area contributed by atoms with Gasteiger partial charge in [0.25, 0.3) is 0 Å². The van der Waals surface area contributed by atoms with Crippen molar-refractivity contribution in [1.29, 1.82) is 0 Å². The first kappa shape index (κ1) is 14.2. The van der Waals surface area contributed by atoms with E-state index in [1.807, 2.05) is 24.3 Å². The van der Waals surface area contributed by atoms with Gasteiger partial charge >= 0.3 is 0 Å². The van der Waals surface area contributed by atoms with Crippen LogP contribution in [0.1, 0.15) is 32.1 Å². The maximum absolute atomic E-state index is 12.8. The molecule has 0 amide bonds. The first-order valence-electron chi connectivity index (χ1n) is 6.59. The van der Waals surface area contributed by atoms with Crippen LogP contribution in [0.2, 0.25) is 0 Å². The van der Waals surface area contributed by atoms with E-state index in [1.165, 1.54) is 19.3 Å². The summed E-state index contributed by atoms with van der Waals surface area (Å²) >= 11 is 3.50. The van der Waals surface area contributed by atoms with Crippen LogP contribution in [0.15, 0.2) is 33.6 Å². The number of nitrogens with two attached hydrogens (primary N) is 1. The Morgan fingerprint density at radius 2 is 1.94 bits per heavy atom. The lowest BCUT2D eigenvalue weighted by molar-refractivity contribution is 0.473. The number of benzene rings is 1. The second-order valence-corrected chi connectivity index (χ2v) is 7.39. The summed E-state index contributed by atoms with van der Waals surface area (Å²) < 4.78 is 13.7. The van der Waals surface area contributed by atoms with Crippen molar-refractivity contribution < 1.29 is 4.21 Å². The highest BCUT2D eigenvalue weighted by molar-refractivity contribution is 9.10. The van der Waals surface area contributed by atoms with Crippen molar-refractivity contribution in [3.8, 4) is 0 Å². The van der Waals surface area contributed by atoms with E-state index >= 15 is 0 Å². The molecule has 1 aromatic rings. The van der Waals surface area contributed by atoms with Crippen LogP contribution in [-0.4, -0.2) is 16.0 Å². The van der Waals surface area contributed by atoms with Crippen molar-refractivity contribution in [2.75, 3.05) is 6.54 Å². The van der Waals surface area contributed by atoms with Gasteiger partial charge in [-0.2, -0.15) is 0 Å². The van der Waals surface area contributed by atoms with Crippen LogP contribution in [0.25, 0.3) is 0 Å². The largest absolute Gasteiger partial charge is 0.330 e. The molecule has 3 atom stereocenters. The lowest BCUT2D eigenvalue weighted by atomic mass is 10.0. The Kier molecular flexibility index (Phi) is 5.39. The van der Waals surface area contributed by atoms with Crippen LogP contribution in [0.5, 0.6) is 0 Å². The van der Waals surface area contributed by atoms with Gasteiger partial charge in [0.1, 0.15) is 0 Å². The Labute approximate surface area is 120 Å². The average molecular weight is 330 g/mol. The maximum Gasteiger partial charge on any atom is 0.0575 e. The van der Waals surface area contributed by atoms with Crippen molar-refractivity contribution in [1.82, 2.24) is 0 Å². The van der Waals surface area contributed by atoms with Gasteiger partial charge in [-0.1, -0.05) is 31.4 Å². The minimum atomic E-state index is -0.949. The molecule has 0 bridgehead atoms. The van der Waals surface area contributed by atoms with Gasteiger partial charge in [-0.3, -0.25) is 4.21 Å². The molecule has 0 heterocycles. The summed E-state index contributed by atoms with van der Waals surface area (Å²) in [6, 6.07) is 7.82. The Bertz CT molecular complexity index is 424. The topological polar surface area (TPSA) is 43.1 Å². The summed E-state index contributed by atoms with van der Waals surface area (Å²) in [6.07, 6.45) is 5.82. The molecule has 3 unspecified atom stereocenters. The molecule has 2 N–H and O–H groups in total. The van der Waals surface area contributed by atoms with Gasteiger partial charge in [-0.25, -0.2) is 0 Å². The fourth-order valence-electron chi connectivity index (χ4n) is 2.67. The second-order valence-electron chi connectivity index (χ2n) is 4.90. The van der Waals surface area contributed by atoms with E-state index in [4.69, 9.17) is 5.73 Å². The molecule has 2 nitrogen and oxygen atoms in total. The van der Waals surface area contributed by atoms with Crippen molar-refractivity contribution in [3.63, 3.8) is 0 Å². The SMILES string of the molecule is NCC1CCCCCC1S(=O)c1ccccc1Br. The second kappa shape index (κ2) is 6.83. The molecule has 0 aromatic heterocycles. The molecular weight excluding hydrogens is 310 g/mol. The molecule has 0 spiro atoms. The average Bonchev–Trinajstić information content (AvgIpc) is 2.63. The fourth-order valence-corrected chi connectivity index (χ4v) is 5.21. The van der Waals surface area contributed by atoms with Crippen molar-refractivity contribution in [2.45, 2.75) is 42.2 Å². The van der Waals surface area contributed by atoms with Crippen LogP contribution >= 0.6 is 15.9 Å². The van der Waals surface area contributed by atoms with Gasteiger partial charge in [0.05, 0.1) is 15.7 Å². The third kappa shape index (κ3) is 3.22. The zero-order chi connectivity index (χ0) is 13.0. The monoisotopic (exact) mass is 329 g/mol. The highest BCUT2D eigenvalue weighted by Gasteiger charge is 2.29. The van der Waals surface area contributed by atoms with E-state index in [0.29, 0.717) is 12.5 Å². The van der Waals surface area contributed by atoms with E-state index in [9.17, 15) is 4.21 Å². The summed E-state index contributed by atoms with van der Waals surface area (Å²) in [7, 11) is -0.949. The van der Waals surface area contributed by atoms with Crippen molar-refractivity contribution in [2.24, 2.45) is 11.7 Å². The molecule has 1 aliphatic carbocycles. The zero-order valence-corrected chi connectivity index (χ0v) is 12.9. The van der Waals surface area contributed by atoms with Gasteiger partial charge in [-0.05, 0) is 53.4 Å². The van der Waals surface area contributed by atoms with Crippen molar-refractivity contribution >= 4 is 26.7 Å². The predicted octanol–water partition coefficient (Wildman–Crippen LogP) is 3.46. The highest BCUT2D eigenvalue weighted by Crippen LogP contribution is 2.31. The zero-order valence-electron chi connectivity index (χ0n) is 10.5. The molecule has 100 valence electrons. The number of hydrogen-bond donors (Lipinski definition) is 1. The van der Waals surface area contributed by atoms with E-state index in [0.717, 1.165) is 22.2 Å². The first-order valence-corrected chi connectivity index (χ1v) is 8.60. The summed E-state index contributed by atoms with van der Waals surface area (Å²) in [4.78, 5) is 0.919. The third-order valence-electron chi connectivity index (χ3n) is 3.72. The molecule has 1 saturated carbocycles. The maximum atomic E-state index is 12.8. The number of rotatable bonds is 3. The molecule has 4 heteroatoms. The van der Waals surface area contributed by atoms with Crippen LogP contribution in [0, 0.1) is 5.92 Å². The van der Waals surface area contributed by atoms with Gasteiger partial charge in [0, 0.05) is 9.72 Å². The first-order chi connectivity index (χ1) is 8.74. The lowest BCUT2D eigenvalue weighted by Crippen LogP contribution is -2.30. The molecule has 1 fully saturated rings. The molecule has 0 radical (unpaired) electrons. The highest BCUT2D eigenvalue weighted by atomic mass is 79.9. The molecule has 18 heavy (non-hydrogen) atoms. The molecule has 0 aliphatic heterocycles.